The van der Waals surface area contributed by atoms with Crippen molar-refractivity contribution in [1.29, 1.82) is 0 Å². The van der Waals surface area contributed by atoms with E-state index in [0.717, 1.165) is 35.4 Å². The van der Waals surface area contributed by atoms with Gasteiger partial charge in [0.2, 0.25) is 0 Å². The van der Waals surface area contributed by atoms with Gasteiger partial charge in [0.05, 0.1) is 11.3 Å². The topological polar surface area (TPSA) is 75.9 Å². The molecule has 2 heterocycles. The zero-order valence-electron chi connectivity index (χ0n) is 17.3. The van der Waals surface area contributed by atoms with Crippen LogP contribution in [-0.2, 0) is 0 Å². The summed E-state index contributed by atoms with van der Waals surface area (Å²) in [5.74, 6) is -0.204. The number of carbonyl (C=O) groups excluding carboxylic acids is 1. The molecule has 0 bridgehead atoms. The van der Waals surface area contributed by atoms with Crippen molar-refractivity contribution in [3.05, 3.63) is 72.1 Å². The normalized spacial score (nSPS) is 10.9. The number of nitrogens with zero attached hydrogens (tertiary/aromatic N) is 5. The summed E-state index contributed by atoms with van der Waals surface area (Å²) < 4.78 is 0. The number of hydrogen-bond acceptors (Lipinski definition) is 5. The summed E-state index contributed by atoms with van der Waals surface area (Å²) >= 11 is 0. The van der Waals surface area contributed by atoms with Crippen LogP contribution >= 0.6 is 0 Å². The van der Waals surface area contributed by atoms with Crippen LogP contribution in [0.3, 0.4) is 0 Å². The third-order valence-corrected chi connectivity index (χ3v) is 5.11. The van der Waals surface area contributed by atoms with Crippen molar-refractivity contribution < 1.29 is 4.79 Å². The van der Waals surface area contributed by atoms with Gasteiger partial charge in [-0.3, -0.25) is 9.78 Å². The van der Waals surface area contributed by atoms with E-state index in [1.807, 2.05) is 31.2 Å². The van der Waals surface area contributed by atoms with Crippen molar-refractivity contribution in [1.82, 2.24) is 20.0 Å². The monoisotopic (exact) mass is 400 g/mol. The number of rotatable bonds is 6. The molecule has 1 amide bonds. The Hall–Kier alpha value is -3.74. The van der Waals surface area contributed by atoms with Crippen molar-refractivity contribution in [2.75, 3.05) is 23.3 Å². The van der Waals surface area contributed by atoms with E-state index in [-0.39, 0.29) is 5.91 Å². The quantitative estimate of drug-likeness (QED) is 0.524. The molecule has 0 aliphatic heterocycles. The van der Waals surface area contributed by atoms with Gasteiger partial charge in [-0.2, -0.15) is 4.80 Å². The van der Waals surface area contributed by atoms with Crippen LogP contribution in [0.4, 0.5) is 11.4 Å². The first-order valence-corrected chi connectivity index (χ1v) is 10.0. The number of hydrogen-bond donors (Lipinski definition) is 1. The number of fused-ring (bicyclic) bond motifs is 1. The molecule has 2 aromatic carbocycles. The molecule has 4 rings (SSSR count). The van der Waals surface area contributed by atoms with Crippen molar-refractivity contribution in [3.8, 4) is 5.69 Å². The lowest BCUT2D eigenvalue weighted by Gasteiger charge is -2.20. The number of anilines is 2. The lowest BCUT2D eigenvalue weighted by Crippen LogP contribution is -2.21. The van der Waals surface area contributed by atoms with E-state index in [1.165, 1.54) is 5.69 Å². The van der Waals surface area contributed by atoms with Gasteiger partial charge in [0.15, 0.2) is 0 Å². The predicted octanol–water partition coefficient (Wildman–Crippen LogP) is 4.22. The number of nitrogens with one attached hydrogen (secondary N) is 1. The molecule has 152 valence electrons. The molecule has 0 unspecified atom stereocenters. The minimum absolute atomic E-state index is 0.204. The van der Waals surface area contributed by atoms with Gasteiger partial charge in [0, 0.05) is 36.9 Å². The molecule has 4 aromatic rings. The molecule has 0 aliphatic carbocycles. The molecule has 7 nitrogen and oxygen atoms in total. The largest absolute Gasteiger partial charge is 0.372 e. The van der Waals surface area contributed by atoms with Gasteiger partial charge in [0.25, 0.3) is 5.91 Å². The van der Waals surface area contributed by atoms with Gasteiger partial charge in [-0.1, -0.05) is 0 Å². The number of carbonyl (C=O) groups is 1. The summed E-state index contributed by atoms with van der Waals surface area (Å²) in [6.07, 6.45) is 3.18. The lowest BCUT2D eigenvalue weighted by atomic mass is 10.1. The molecule has 1 N–H and O–H groups in total. The highest BCUT2D eigenvalue weighted by molar-refractivity contribution is 6.05. The summed E-state index contributed by atoms with van der Waals surface area (Å²) in [5, 5.41) is 12.2. The summed E-state index contributed by atoms with van der Waals surface area (Å²) in [5.41, 5.74) is 5.70. The number of aromatic nitrogens is 4. The van der Waals surface area contributed by atoms with E-state index in [9.17, 15) is 4.79 Å². The Kier molecular flexibility index (Phi) is 5.43. The Labute approximate surface area is 175 Å². The minimum atomic E-state index is -0.204. The van der Waals surface area contributed by atoms with E-state index >= 15 is 0 Å². The molecule has 0 saturated heterocycles. The van der Waals surface area contributed by atoms with Gasteiger partial charge in [-0.25, -0.2) is 0 Å². The molecule has 0 spiro atoms. The Morgan fingerprint density at radius 1 is 1.03 bits per heavy atom. The summed E-state index contributed by atoms with van der Waals surface area (Å²) in [7, 11) is 0. The maximum atomic E-state index is 12.5. The van der Waals surface area contributed by atoms with Crippen molar-refractivity contribution in [2.45, 2.75) is 20.8 Å². The van der Waals surface area contributed by atoms with Crippen LogP contribution in [0.5, 0.6) is 0 Å². The first-order chi connectivity index (χ1) is 14.6. The van der Waals surface area contributed by atoms with Crippen LogP contribution in [-0.4, -0.2) is 39.0 Å². The van der Waals surface area contributed by atoms with Crippen molar-refractivity contribution in [3.63, 3.8) is 0 Å². The molecule has 7 heteroatoms. The van der Waals surface area contributed by atoms with Crippen molar-refractivity contribution in [2.24, 2.45) is 0 Å². The van der Waals surface area contributed by atoms with E-state index < -0.39 is 0 Å². The van der Waals surface area contributed by atoms with Gasteiger partial charge < -0.3 is 10.2 Å². The molecule has 0 aliphatic rings. The highest BCUT2D eigenvalue weighted by atomic mass is 16.1. The van der Waals surface area contributed by atoms with Gasteiger partial charge >= 0.3 is 0 Å². The maximum absolute atomic E-state index is 12.5. The highest BCUT2D eigenvalue weighted by Crippen LogP contribution is 2.23. The standard InChI is InChI=1S/C23H24N6O/c1-4-28(5-2)18-8-10-19(11-9-18)29-26-21-13-16(3)20(14-22(21)27-29)25-23(30)17-7-6-12-24-15-17/h6-15H,4-5H2,1-3H3,(H,25,30). The smallest absolute Gasteiger partial charge is 0.257 e. The van der Waals surface area contributed by atoms with Crippen LogP contribution in [0, 0.1) is 6.92 Å². The molecule has 2 aromatic heterocycles. The van der Waals surface area contributed by atoms with Crippen LogP contribution < -0.4 is 10.2 Å². The molecule has 0 fully saturated rings. The van der Waals surface area contributed by atoms with Gasteiger partial charge in [0.1, 0.15) is 11.0 Å². The fourth-order valence-electron chi connectivity index (χ4n) is 3.40. The fourth-order valence-corrected chi connectivity index (χ4v) is 3.40. The van der Waals surface area contributed by atoms with Crippen molar-refractivity contribution >= 4 is 28.3 Å². The second-order valence-electron chi connectivity index (χ2n) is 7.03. The zero-order chi connectivity index (χ0) is 21.1. The predicted molar refractivity (Wildman–Crippen MR) is 119 cm³/mol. The number of pyridine rings is 1. The molecule has 0 atom stereocenters. The van der Waals surface area contributed by atoms with E-state index in [0.29, 0.717) is 11.3 Å². The highest BCUT2D eigenvalue weighted by Gasteiger charge is 2.12. The van der Waals surface area contributed by atoms with Gasteiger partial charge in [-0.05, 0) is 74.9 Å². The van der Waals surface area contributed by atoms with E-state index in [1.54, 1.807) is 29.3 Å². The van der Waals surface area contributed by atoms with Crippen LogP contribution in [0.1, 0.15) is 29.8 Å². The van der Waals surface area contributed by atoms with Crippen LogP contribution in [0.15, 0.2) is 60.9 Å². The number of amides is 1. The molecule has 30 heavy (non-hydrogen) atoms. The number of benzene rings is 2. The Morgan fingerprint density at radius 3 is 2.37 bits per heavy atom. The fraction of sp³-hybridized carbons (Fsp3) is 0.217. The molecular weight excluding hydrogens is 376 g/mol. The summed E-state index contributed by atoms with van der Waals surface area (Å²) in [6.45, 7) is 8.16. The molecular formula is C23H24N6O. The Balaban J connectivity index is 1.61. The average molecular weight is 400 g/mol. The lowest BCUT2D eigenvalue weighted by molar-refractivity contribution is 0.102. The molecule has 0 radical (unpaired) electrons. The Morgan fingerprint density at radius 2 is 1.73 bits per heavy atom. The molecule has 0 saturated carbocycles. The zero-order valence-corrected chi connectivity index (χ0v) is 17.3. The maximum Gasteiger partial charge on any atom is 0.257 e. The van der Waals surface area contributed by atoms with Crippen LogP contribution in [0.25, 0.3) is 16.7 Å². The third-order valence-electron chi connectivity index (χ3n) is 5.11. The second kappa shape index (κ2) is 8.32. The Bertz CT molecular complexity index is 1160. The average Bonchev–Trinajstić information content (AvgIpc) is 3.18. The van der Waals surface area contributed by atoms with E-state index in [4.69, 9.17) is 0 Å². The second-order valence-corrected chi connectivity index (χ2v) is 7.03. The van der Waals surface area contributed by atoms with Crippen LogP contribution in [0.2, 0.25) is 0 Å². The SMILES string of the molecule is CCN(CC)c1ccc(-n2nc3cc(C)c(NC(=O)c4cccnc4)cc3n2)cc1. The third kappa shape index (κ3) is 3.87. The van der Waals surface area contributed by atoms with E-state index in [2.05, 4.69) is 51.4 Å². The summed E-state index contributed by atoms with van der Waals surface area (Å²) in [6, 6.07) is 15.5. The first-order valence-electron chi connectivity index (χ1n) is 10.0. The number of aryl methyl sites for hydroxylation is 1. The van der Waals surface area contributed by atoms with Gasteiger partial charge in [-0.15, -0.1) is 10.2 Å². The summed E-state index contributed by atoms with van der Waals surface area (Å²) in [4.78, 5) is 20.4. The first kappa shape index (κ1) is 19.6. The minimum Gasteiger partial charge on any atom is -0.372 e.